The highest BCUT2D eigenvalue weighted by Crippen LogP contribution is 2.31. The minimum Gasteiger partial charge on any atom is -0.367 e. The van der Waals surface area contributed by atoms with Gasteiger partial charge in [0.25, 0.3) is 0 Å². The van der Waals surface area contributed by atoms with Crippen LogP contribution in [0.15, 0.2) is 12.1 Å². The van der Waals surface area contributed by atoms with Crippen LogP contribution in [0.5, 0.6) is 0 Å². The zero-order chi connectivity index (χ0) is 15.1. The molecule has 0 aliphatic carbocycles. The highest BCUT2D eigenvalue weighted by molar-refractivity contribution is 7.91. The Bertz CT molecular complexity index is 614. The lowest BCUT2D eigenvalue weighted by molar-refractivity contribution is 0.566. The van der Waals surface area contributed by atoms with Crippen molar-refractivity contribution in [1.29, 1.82) is 0 Å². The maximum atomic E-state index is 13.7. The third kappa shape index (κ3) is 2.96. The van der Waals surface area contributed by atoms with Crippen molar-refractivity contribution < 1.29 is 12.8 Å². The van der Waals surface area contributed by atoms with Gasteiger partial charge in [0.05, 0.1) is 11.5 Å². The van der Waals surface area contributed by atoms with Gasteiger partial charge in [-0.2, -0.15) is 0 Å². The maximum absolute atomic E-state index is 13.7. The predicted molar refractivity (Wildman–Crippen MR) is 79.2 cm³/mol. The number of sulfone groups is 1. The molecule has 0 spiro atoms. The second-order valence-electron chi connectivity index (χ2n) is 5.61. The molecule has 2 atom stereocenters. The van der Waals surface area contributed by atoms with E-state index in [-0.39, 0.29) is 29.4 Å². The molecule has 1 aromatic rings. The van der Waals surface area contributed by atoms with Crippen LogP contribution < -0.4 is 10.6 Å². The summed E-state index contributed by atoms with van der Waals surface area (Å²) in [6, 6.07) is 2.80. The van der Waals surface area contributed by atoms with Gasteiger partial charge in [0, 0.05) is 24.3 Å². The first-order chi connectivity index (χ1) is 9.21. The molecule has 6 heteroatoms. The van der Waals surface area contributed by atoms with Crippen LogP contribution in [0.3, 0.4) is 0 Å². The van der Waals surface area contributed by atoms with Crippen LogP contribution in [-0.2, 0) is 9.84 Å². The Morgan fingerprint density at radius 3 is 2.65 bits per heavy atom. The standard InChI is InChI=1S/C14H21FN2O2S/c1-9-6-14(12(11(3)16)7-13(9)15)17-4-5-20(18,19)8-10(17)2/h6-7,10-11H,4-5,8,16H2,1-3H3/t10?,11-/m1/s1. The molecule has 1 fully saturated rings. The molecule has 1 heterocycles. The van der Waals surface area contributed by atoms with E-state index in [4.69, 9.17) is 5.73 Å². The molecule has 0 aromatic heterocycles. The minimum absolute atomic E-state index is 0.127. The van der Waals surface area contributed by atoms with Crippen molar-refractivity contribution in [2.45, 2.75) is 32.9 Å². The summed E-state index contributed by atoms with van der Waals surface area (Å²) in [5.41, 5.74) is 8.04. The van der Waals surface area contributed by atoms with Gasteiger partial charge in [0.1, 0.15) is 5.82 Å². The average Bonchev–Trinajstić information content (AvgIpc) is 2.31. The first-order valence-electron chi connectivity index (χ1n) is 6.74. The first kappa shape index (κ1) is 15.3. The molecule has 0 amide bonds. The van der Waals surface area contributed by atoms with Crippen molar-refractivity contribution in [1.82, 2.24) is 0 Å². The molecule has 0 bridgehead atoms. The van der Waals surface area contributed by atoms with E-state index in [9.17, 15) is 12.8 Å². The number of aryl methyl sites for hydroxylation is 1. The number of rotatable bonds is 2. The Balaban J connectivity index is 2.44. The highest BCUT2D eigenvalue weighted by Gasteiger charge is 2.30. The van der Waals surface area contributed by atoms with Gasteiger partial charge < -0.3 is 10.6 Å². The molecule has 1 aliphatic rings. The number of hydrogen-bond acceptors (Lipinski definition) is 4. The molecule has 1 aliphatic heterocycles. The summed E-state index contributed by atoms with van der Waals surface area (Å²) in [6.45, 7) is 5.81. The molecular formula is C14H21FN2O2S. The first-order valence-corrected chi connectivity index (χ1v) is 8.56. The molecular weight excluding hydrogens is 279 g/mol. The number of nitrogens with two attached hydrogens (primary N) is 1. The largest absolute Gasteiger partial charge is 0.367 e. The second-order valence-corrected chi connectivity index (χ2v) is 7.83. The second kappa shape index (κ2) is 5.33. The summed E-state index contributed by atoms with van der Waals surface area (Å²) in [5, 5.41) is 0. The zero-order valence-corrected chi connectivity index (χ0v) is 12.9. The summed E-state index contributed by atoms with van der Waals surface area (Å²) in [7, 11) is -2.97. The third-order valence-electron chi connectivity index (χ3n) is 3.78. The molecule has 1 unspecified atom stereocenters. The van der Waals surface area contributed by atoms with E-state index < -0.39 is 9.84 Å². The van der Waals surface area contributed by atoms with E-state index in [2.05, 4.69) is 0 Å². The Kier molecular flexibility index (Phi) is 4.07. The van der Waals surface area contributed by atoms with Crippen molar-refractivity contribution in [2.75, 3.05) is 23.0 Å². The lowest BCUT2D eigenvalue weighted by atomic mass is 10.0. The smallest absolute Gasteiger partial charge is 0.154 e. The molecule has 112 valence electrons. The van der Waals surface area contributed by atoms with E-state index in [1.165, 1.54) is 6.07 Å². The molecule has 2 rings (SSSR count). The van der Waals surface area contributed by atoms with Crippen molar-refractivity contribution in [2.24, 2.45) is 5.73 Å². The minimum atomic E-state index is -2.97. The molecule has 0 saturated carbocycles. The van der Waals surface area contributed by atoms with Crippen LogP contribution >= 0.6 is 0 Å². The summed E-state index contributed by atoms with van der Waals surface area (Å²) in [6.07, 6.45) is 0. The van der Waals surface area contributed by atoms with Crippen LogP contribution in [0.1, 0.15) is 31.0 Å². The van der Waals surface area contributed by atoms with Gasteiger partial charge in [-0.05, 0) is 44.0 Å². The van der Waals surface area contributed by atoms with Gasteiger partial charge >= 0.3 is 0 Å². The lowest BCUT2D eigenvalue weighted by Gasteiger charge is -2.37. The number of benzene rings is 1. The predicted octanol–water partition coefficient (Wildman–Crippen LogP) is 1.78. The number of anilines is 1. The summed E-state index contributed by atoms with van der Waals surface area (Å²) in [4.78, 5) is 2.02. The molecule has 4 nitrogen and oxygen atoms in total. The fraction of sp³-hybridized carbons (Fsp3) is 0.571. The Morgan fingerprint density at radius 2 is 2.10 bits per heavy atom. The van der Waals surface area contributed by atoms with Gasteiger partial charge in [0.2, 0.25) is 0 Å². The molecule has 1 aromatic carbocycles. The Morgan fingerprint density at radius 1 is 1.45 bits per heavy atom. The van der Waals surface area contributed by atoms with E-state index in [0.717, 1.165) is 11.3 Å². The van der Waals surface area contributed by atoms with Crippen LogP contribution in [-0.4, -0.2) is 32.5 Å². The van der Waals surface area contributed by atoms with E-state index >= 15 is 0 Å². The summed E-state index contributed by atoms with van der Waals surface area (Å²) >= 11 is 0. The van der Waals surface area contributed by atoms with Crippen molar-refractivity contribution >= 4 is 15.5 Å². The maximum Gasteiger partial charge on any atom is 0.154 e. The van der Waals surface area contributed by atoms with Crippen LogP contribution in [0.4, 0.5) is 10.1 Å². The van der Waals surface area contributed by atoms with Gasteiger partial charge in [0.15, 0.2) is 9.84 Å². The number of halogens is 1. The van der Waals surface area contributed by atoms with Crippen molar-refractivity contribution in [3.63, 3.8) is 0 Å². The quantitative estimate of drug-likeness (QED) is 0.904. The Labute approximate surface area is 119 Å². The number of nitrogens with zero attached hydrogens (tertiary/aromatic N) is 1. The van der Waals surface area contributed by atoms with Crippen LogP contribution in [0, 0.1) is 12.7 Å². The molecule has 0 radical (unpaired) electrons. The Hall–Kier alpha value is -1.14. The monoisotopic (exact) mass is 300 g/mol. The van der Waals surface area contributed by atoms with E-state index in [1.807, 2.05) is 11.8 Å². The summed E-state index contributed by atoms with van der Waals surface area (Å²) < 4.78 is 37.1. The van der Waals surface area contributed by atoms with Crippen molar-refractivity contribution in [3.8, 4) is 0 Å². The van der Waals surface area contributed by atoms with E-state index in [0.29, 0.717) is 12.1 Å². The van der Waals surface area contributed by atoms with Crippen LogP contribution in [0.2, 0.25) is 0 Å². The van der Waals surface area contributed by atoms with Crippen molar-refractivity contribution in [3.05, 3.63) is 29.1 Å². The summed E-state index contributed by atoms with van der Waals surface area (Å²) in [5.74, 6) is -0.0214. The van der Waals surface area contributed by atoms with Crippen LogP contribution in [0.25, 0.3) is 0 Å². The van der Waals surface area contributed by atoms with Gasteiger partial charge in [-0.3, -0.25) is 0 Å². The molecule has 2 N–H and O–H groups in total. The highest BCUT2D eigenvalue weighted by atomic mass is 32.2. The van der Waals surface area contributed by atoms with E-state index in [1.54, 1.807) is 19.9 Å². The van der Waals surface area contributed by atoms with Gasteiger partial charge in [-0.1, -0.05) is 0 Å². The third-order valence-corrected chi connectivity index (χ3v) is 5.57. The SMILES string of the molecule is Cc1cc(N2CCS(=O)(=O)CC2C)c([C@@H](C)N)cc1F. The topological polar surface area (TPSA) is 63.4 Å². The average molecular weight is 300 g/mol. The lowest BCUT2D eigenvalue weighted by Crippen LogP contribution is -2.47. The van der Waals surface area contributed by atoms with Gasteiger partial charge in [-0.15, -0.1) is 0 Å². The normalized spacial score (nSPS) is 23.6. The van der Waals surface area contributed by atoms with Gasteiger partial charge in [-0.25, -0.2) is 12.8 Å². The number of hydrogen-bond donors (Lipinski definition) is 1. The fourth-order valence-corrected chi connectivity index (χ4v) is 4.21. The molecule has 1 saturated heterocycles. The fourth-order valence-electron chi connectivity index (χ4n) is 2.65. The zero-order valence-electron chi connectivity index (χ0n) is 12.1. The molecule has 20 heavy (non-hydrogen) atoms.